The van der Waals surface area contributed by atoms with Crippen LogP contribution in [0.2, 0.25) is 10.3 Å². The van der Waals surface area contributed by atoms with Gasteiger partial charge < -0.3 is 29.9 Å². The smallest absolute Gasteiger partial charge is 0.323 e. The number of nitrogens with zero attached hydrogens (tertiary/aromatic N) is 6. The average molecular weight is 700 g/mol. The largest absolute Gasteiger partial charge is 0.378 e. The molecule has 0 unspecified atom stereocenters. The molecule has 2 aliphatic rings. The van der Waals surface area contributed by atoms with E-state index in [1.54, 1.807) is 24.3 Å². The number of nitrogens with one attached hydrogen (secondary N) is 2. The molecule has 240 valence electrons. The quantitative estimate of drug-likeness (QED) is 0.152. The fourth-order valence-electron chi connectivity index (χ4n) is 5.11. The Balaban J connectivity index is 1.11. The average Bonchev–Trinajstić information content (AvgIpc) is 3.09. The zero-order chi connectivity index (χ0) is 32.0. The molecule has 11 nitrogen and oxygen atoms in total. The van der Waals surface area contributed by atoms with Crippen molar-refractivity contribution >= 4 is 75.8 Å². The van der Waals surface area contributed by atoms with Gasteiger partial charge in [-0.2, -0.15) is 0 Å². The highest BCUT2D eigenvalue weighted by molar-refractivity contribution is 7.99. The summed E-state index contributed by atoms with van der Waals surface area (Å²) in [6.45, 7) is 5.53. The van der Waals surface area contributed by atoms with Crippen LogP contribution in [-0.4, -0.2) is 91.1 Å². The third-order valence-corrected chi connectivity index (χ3v) is 9.78. The van der Waals surface area contributed by atoms with E-state index in [0.29, 0.717) is 59.8 Å². The Hall–Kier alpha value is -3.33. The number of urea groups is 1. The van der Waals surface area contributed by atoms with Crippen molar-refractivity contribution in [2.75, 3.05) is 85.6 Å². The predicted molar refractivity (Wildman–Crippen MR) is 187 cm³/mol. The molecule has 0 radical (unpaired) electrons. The van der Waals surface area contributed by atoms with Crippen molar-refractivity contribution < 1.29 is 14.3 Å². The number of ether oxygens (including phenoxy) is 2. The van der Waals surface area contributed by atoms with Crippen molar-refractivity contribution in [2.24, 2.45) is 0 Å². The molecule has 2 aliphatic heterocycles. The zero-order valence-electron chi connectivity index (χ0n) is 25.3. The third kappa shape index (κ3) is 7.45. The standard InChI is InChI=1S/C31H32Cl2N8O3S2/c1-45-23-25(32)36-27(38-29(23)40-11-15-43-16-12-40)19-3-7-21(8-4-19)34-31(42)35-22-9-5-20(6-10-22)28-37-26(33)24(46-2)30(39-28)41-13-17-44-18-14-41/h3-10H,11-18H2,1-2H3,(H2,34,35,42). The van der Waals surface area contributed by atoms with E-state index in [1.807, 2.05) is 36.8 Å². The van der Waals surface area contributed by atoms with Crippen molar-refractivity contribution in [2.45, 2.75) is 9.79 Å². The Labute approximate surface area is 285 Å². The van der Waals surface area contributed by atoms with Crippen molar-refractivity contribution in [3.8, 4) is 22.8 Å². The molecule has 2 fully saturated rings. The van der Waals surface area contributed by atoms with E-state index in [1.165, 1.54) is 23.5 Å². The van der Waals surface area contributed by atoms with Crippen molar-refractivity contribution in [3.63, 3.8) is 0 Å². The molecule has 2 amide bonds. The van der Waals surface area contributed by atoms with E-state index in [-0.39, 0.29) is 6.03 Å². The maximum Gasteiger partial charge on any atom is 0.323 e. The first-order valence-corrected chi connectivity index (χ1v) is 17.8. The number of benzene rings is 2. The maximum atomic E-state index is 12.8. The lowest BCUT2D eigenvalue weighted by molar-refractivity contribution is 0.122. The van der Waals surface area contributed by atoms with Gasteiger partial charge in [0.15, 0.2) is 11.6 Å². The number of rotatable bonds is 8. The van der Waals surface area contributed by atoms with E-state index in [2.05, 4.69) is 30.4 Å². The summed E-state index contributed by atoms with van der Waals surface area (Å²) in [5, 5.41) is 6.56. The second-order valence-electron chi connectivity index (χ2n) is 10.3. The van der Waals surface area contributed by atoms with Crippen LogP contribution in [0.1, 0.15) is 0 Å². The summed E-state index contributed by atoms with van der Waals surface area (Å²) in [6, 6.07) is 14.3. The molecule has 0 atom stereocenters. The molecule has 2 N–H and O–H groups in total. The highest BCUT2D eigenvalue weighted by atomic mass is 35.5. The molecule has 0 saturated carbocycles. The summed E-state index contributed by atoms with van der Waals surface area (Å²) in [5.74, 6) is 2.65. The number of morpholine rings is 2. The van der Waals surface area contributed by atoms with Crippen LogP contribution in [0.25, 0.3) is 22.8 Å². The minimum absolute atomic E-state index is 0.378. The van der Waals surface area contributed by atoms with Gasteiger partial charge >= 0.3 is 6.03 Å². The molecule has 2 saturated heterocycles. The van der Waals surface area contributed by atoms with Crippen LogP contribution >= 0.6 is 46.7 Å². The van der Waals surface area contributed by atoms with Crippen molar-refractivity contribution in [1.29, 1.82) is 0 Å². The Bertz CT molecular complexity index is 1560. The van der Waals surface area contributed by atoms with E-state index in [9.17, 15) is 4.79 Å². The number of halogens is 2. The lowest BCUT2D eigenvalue weighted by Gasteiger charge is -2.29. The van der Waals surface area contributed by atoms with E-state index >= 15 is 0 Å². The first kappa shape index (κ1) is 32.6. The van der Waals surface area contributed by atoms with Gasteiger partial charge in [0.1, 0.15) is 21.9 Å². The van der Waals surface area contributed by atoms with Gasteiger partial charge in [-0.15, -0.1) is 23.5 Å². The van der Waals surface area contributed by atoms with E-state index in [0.717, 1.165) is 58.7 Å². The fourth-order valence-corrected chi connectivity index (χ4v) is 7.05. The monoisotopic (exact) mass is 698 g/mol. The van der Waals surface area contributed by atoms with Gasteiger partial charge in [-0.05, 0) is 61.0 Å². The van der Waals surface area contributed by atoms with E-state index < -0.39 is 0 Å². The van der Waals surface area contributed by atoms with Crippen LogP contribution in [0.5, 0.6) is 0 Å². The zero-order valence-corrected chi connectivity index (χ0v) is 28.4. The first-order valence-electron chi connectivity index (χ1n) is 14.6. The minimum Gasteiger partial charge on any atom is -0.378 e. The number of carbonyl (C=O) groups is 1. The number of hydrogen-bond donors (Lipinski definition) is 2. The molecule has 2 aromatic heterocycles. The van der Waals surface area contributed by atoms with Crippen LogP contribution in [0, 0.1) is 0 Å². The Morgan fingerprint density at radius 3 is 1.37 bits per heavy atom. The summed E-state index contributed by atoms with van der Waals surface area (Å²) in [7, 11) is 0. The molecule has 15 heteroatoms. The van der Waals surface area contributed by atoms with Crippen molar-refractivity contribution in [3.05, 3.63) is 58.8 Å². The molecule has 6 rings (SSSR count). The topological polar surface area (TPSA) is 118 Å². The van der Waals surface area contributed by atoms with Gasteiger partial charge in [0.25, 0.3) is 0 Å². The Morgan fingerprint density at radius 2 is 1.02 bits per heavy atom. The molecular weight excluding hydrogens is 667 g/mol. The Morgan fingerprint density at radius 1 is 0.652 bits per heavy atom. The van der Waals surface area contributed by atoms with Crippen LogP contribution in [0.3, 0.4) is 0 Å². The van der Waals surface area contributed by atoms with Crippen molar-refractivity contribution in [1.82, 2.24) is 19.9 Å². The molecule has 0 bridgehead atoms. The lowest BCUT2D eigenvalue weighted by atomic mass is 10.2. The Kier molecular flexibility index (Phi) is 10.7. The molecule has 46 heavy (non-hydrogen) atoms. The van der Waals surface area contributed by atoms with Gasteiger partial charge in [0, 0.05) is 48.7 Å². The second kappa shape index (κ2) is 15.1. The SMILES string of the molecule is CSc1c(Cl)nc(-c2ccc(NC(=O)Nc3ccc(-c4nc(Cl)c(SC)c(N5CCOCC5)n4)cc3)cc2)nc1N1CCOCC1. The van der Waals surface area contributed by atoms with Gasteiger partial charge in [0.05, 0.1) is 36.2 Å². The summed E-state index contributed by atoms with van der Waals surface area (Å²) >= 11 is 16.2. The number of aromatic nitrogens is 4. The molecule has 0 aliphatic carbocycles. The predicted octanol–water partition coefficient (Wildman–Crippen LogP) is 6.67. The highest BCUT2D eigenvalue weighted by Crippen LogP contribution is 2.36. The second-order valence-corrected chi connectivity index (χ2v) is 12.7. The molecule has 4 aromatic rings. The van der Waals surface area contributed by atoms with Crippen LogP contribution in [-0.2, 0) is 9.47 Å². The number of anilines is 4. The van der Waals surface area contributed by atoms with Crippen LogP contribution in [0.15, 0.2) is 58.3 Å². The van der Waals surface area contributed by atoms with E-state index in [4.69, 9.17) is 42.6 Å². The van der Waals surface area contributed by atoms with Gasteiger partial charge in [0.2, 0.25) is 0 Å². The highest BCUT2D eigenvalue weighted by Gasteiger charge is 2.22. The van der Waals surface area contributed by atoms with Crippen LogP contribution < -0.4 is 20.4 Å². The summed E-state index contributed by atoms with van der Waals surface area (Å²) in [6.07, 6.45) is 3.93. The normalized spacial score (nSPS) is 15.1. The number of amides is 2. The lowest BCUT2D eigenvalue weighted by Crippen LogP contribution is -2.37. The number of hydrogen-bond acceptors (Lipinski definition) is 11. The number of carbonyl (C=O) groups excluding carboxylic acids is 1. The number of thioether (sulfide) groups is 2. The molecule has 4 heterocycles. The minimum atomic E-state index is -0.378. The fraction of sp³-hybridized carbons (Fsp3) is 0.323. The third-order valence-electron chi connectivity index (χ3n) is 7.44. The molecule has 2 aromatic carbocycles. The summed E-state index contributed by atoms with van der Waals surface area (Å²) in [4.78, 5) is 37.6. The first-order chi connectivity index (χ1) is 22.4. The van der Waals surface area contributed by atoms with Gasteiger partial charge in [-0.3, -0.25) is 0 Å². The van der Waals surface area contributed by atoms with Gasteiger partial charge in [-0.1, -0.05) is 23.2 Å². The maximum absolute atomic E-state index is 12.8. The molecule has 0 spiro atoms. The molecular formula is C31H32Cl2N8O3S2. The summed E-state index contributed by atoms with van der Waals surface area (Å²) in [5.41, 5.74) is 2.81. The van der Waals surface area contributed by atoms with Gasteiger partial charge in [-0.25, -0.2) is 24.7 Å². The van der Waals surface area contributed by atoms with Crippen LogP contribution in [0.4, 0.5) is 27.8 Å². The summed E-state index contributed by atoms with van der Waals surface area (Å²) < 4.78 is 11.0.